The van der Waals surface area contributed by atoms with Gasteiger partial charge in [-0.25, -0.2) is 10.2 Å². The Hall–Kier alpha value is -2.98. The van der Waals surface area contributed by atoms with Gasteiger partial charge in [0.25, 0.3) is 5.91 Å². The fourth-order valence-corrected chi connectivity index (χ4v) is 3.18. The zero-order valence-corrected chi connectivity index (χ0v) is 14.2. The first kappa shape index (κ1) is 16.5. The van der Waals surface area contributed by atoms with Crippen LogP contribution in [0.1, 0.15) is 10.5 Å². The minimum atomic E-state index is -0.305. The van der Waals surface area contributed by atoms with Gasteiger partial charge in [0, 0.05) is 31.6 Å². The summed E-state index contributed by atoms with van der Waals surface area (Å²) in [4.78, 5) is 30.8. The van der Waals surface area contributed by atoms with Crippen molar-refractivity contribution in [1.82, 2.24) is 25.6 Å². The van der Waals surface area contributed by atoms with Gasteiger partial charge >= 0.3 is 6.03 Å². The Bertz CT molecular complexity index is 801. The number of fused-ring (bicyclic) bond motifs is 2. The molecule has 26 heavy (non-hydrogen) atoms. The van der Waals surface area contributed by atoms with Gasteiger partial charge in [-0.2, -0.15) is 0 Å². The normalized spacial score (nSPS) is 21.3. The van der Waals surface area contributed by atoms with Crippen molar-refractivity contribution in [2.75, 3.05) is 38.3 Å². The number of aromatic amines is 1. The van der Waals surface area contributed by atoms with E-state index in [1.807, 2.05) is 17.1 Å². The lowest BCUT2D eigenvalue weighted by Crippen LogP contribution is -2.38. The van der Waals surface area contributed by atoms with Crippen LogP contribution >= 0.6 is 0 Å². The number of aliphatic hydroxyl groups is 1. The number of carbonyl (C=O) groups is 2. The van der Waals surface area contributed by atoms with Gasteiger partial charge in [-0.3, -0.25) is 14.7 Å². The maximum Gasteiger partial charge on any atom is 0.339 e. The third-order valence-corrected chi connectivity index (χ3v) is 4.43. The second kappa shape index (κ2) is 6.39. The highest BCUT2D eigenvalue weighted by atomic mass is 16.5. The van der Waals surface area contributed by atoms with Crippen LogP contribution in [0.2, 0.25) is 0 Å². The number of urea groups is 1. The van der Waals surface area contributed by atoms with Crippen molar-refractivity contribution in [1.29, 1.82) is 0 Å². The van der Waals surface area contributed by atoms with Gasteiger partial charge in [-0.05, 0) is 12.2 Å². The predicted octanol–water partition coefficient (Wildman–Crippen LogP) is -0.455. The Balaban J connectivity index is 1.59. The topological polar surface area (TPSA) is 113 Å². The minimum absolute atomic E-state index is 0.119. The van der Waals surface area contributed by atoms with Crippen LogP contribution in [0.15, 0.2) is 30.1 Å². The van der Waals surface area contributed by atoms with Crippen LogP contribution in [0.5, 0.6) is 5.75 Å². The molecular formula is C16H20N6O4. The summed E-state index contributed by atoms with van der Waals surface area (Å²) in [6.45, 7) is 1.16. The quantitative estimate of drug-likeness (QED) is 0.578. The molecule has 3 aliphatic rings. The fraction of sp³-hybridized carbons (Fsp3) is 0.375. The first-order chi connectivity index (χ1) is 12.6. The summed E-state index contributed by atoms with van der Waals surface area (Å²) < 4.78 is 5.66. The van der Waals surface area contributed by atoms with Crippen molar-refractivity contribution in [3.05, 3.63) is 35.8 Å². The molecular weight excluding hydrogens is 340 g/mol. The largest absolute Gasteiger partial charge is 0.488 e. The van der Waals surface area contributed by atoms with E-state index in [1.54, 1.807) is 24.2 Å². The molecule has 138 valence electrons. The highest BCUT2D eigenvalue weighted by Gasteiger charge is 2.35. The van der Waals surface area contributed by atoms with Crippen LogP contribution in [0.4, 0.5) is 10.6 Å². The number of nitrogens with one attached hydrogen (secondary N) is 3. The lowest BCUT2D eigenvalue weighted by atomic mass is 10.2. The predicted molar refractivity (Wildman–Crippen MR) is 92.2 cm³/mol. The maximum absolute atomic E-state index is 12.1. The summed E-state index contributed by atoms with van der Waals surface area (Å²) in [7, 11) is 1.68. The molecule has 0 saturated carbocycles. The number of rotatable bonds is 4. The lowest BCUT2D eigenvalue weighted by Gasteiger charge is -2.32. The zero-order valence-electron chi connectivity index (χ0n) is 14.2. The maximum atomic E-state index is 12.1. The Morgan fingerprint density at radius 3 is 3.15 bits per heavy atom. The number of aliphatic hydroxyl groups excluding tert-OH is 1. The first-order valence-electron chi connectivity index (χ1n) is 8.33. The summed E-state index contributed by atoms with van der Waals surface area (Å²) in [5.41, 5.74) is 4.34. The van der Waals surface area contributed by atoms with Crippen LogP contribution in [-0.4, -0.2) is 71.5 Å². The third-order valence-electron chi connectivity index (χ3n) is 4.43. The van der Waals surface area contributed by atoms with Crippen molar-refractivity contribution < 1.29 is 19.4 Å². The highest BCUT2D eigenvalue weighted by molar-refractivity contribution is 5.94. The van der Waals surface area contributed by atoms with E-state index in [4.69, 9.17) is 9.84 Å². The molecule has 1 aromatic heterocycles. The summed E-state index contributed by atoms with van der Waals surface area (Å²) in [6.07, 6.45) is 5.30. The van der Waals surface area contributed by atoms with E-state index in [-0.39, 0.29) is 31.3 Å². The molecule has 0 aromatic carbocycles. The molecule has 0 spiro atoms. The SMILES string of the molecule is CN1NC2C=C(N3CCOc4cc(C(=O)NCCO)[nH]c43)C=CN2C1=O. The van der Waals surface area contributed by atoms with E-state index in [0.29, 0.717) is 30.4 Å². The number of hydrogen-bond acceptors (Lipinski definition) is 6. The standard InChI is InChI=1S/C16H20N6O4/c1-20-16(25)22-4-2-10(8-13(22)19-20)21-5-7-26-12-9-11(18-14(12)21)15(24)17-3-6-23/h2,4,8-9,13,18-19,23H,3,5-7H2,1H3,(H,17,24). The number of hydrazine groups is 1. The number of H-pyrrole nitrogens is 1. The highest BCUT2D eigenvalue weighted by Crippen LogP contribution is 2.35. The average Bonchev–Trinajstić information content (AvgIpc) is 3.20. The minimum Gasteiger partial charge on any atom is -0.488 e. The molecule has 0 bridgehead atoms. The molecule has 10 nitrogen and oxygen atoms in total. The molecule has 3 aliphatic heterocycles. The van der Waals surface area contributed by atoms with Crippen molar-refractivity contribution >= 4 is 17.8 Å². The van der Waals surface area contributed by atoms with Crippen molar-refractivity contribution in [2.24, 2.45) is 0 Å². The molecule has 1 aromatic rings. The molecule has 1 saturated heterocycles. The van der Waals surface area contributed by atoms with Gasteiger partial charge in [0.05, 0.1) is 13.2 Å². The smallest absolute Gasteiger partial charge is 0.339 e. The van der Waals surface area contributed by atoms with Gasteiger partial charge < -0.3 is 25.0 Å². The summed E-state index contributed by atoms with van der Waals surface area (Å²) in [5.74, 6) is 0.975. The van der Waals surface area contributed by atoms with Crippen molar-refractivity contribution in [2.45, 2.75) is 6.17 Å². The molecule has 10 heteroatoms. The molecule has 4 heterocycles. The molecule has 1 unspecified atom stereocenters. The molecule has 1 fully saturated rings. The Morgan fingerprint density at radius 1 is 1.50 bits per heavy atom. The van der Waals surface area contributed by atoms with Crippen molar-refractivity contribution in [3.63, 3.8) is 0 Å². The molecule has 4 rings (SSSR count). The van der Waals surface area contributed by atoms with E-state index in [9.17, 15) is 9.59 Å². The molecule has 4 N–H and O–H groups in total. The van der Waals surface area contributed by atoms with Crippen molar-refractivity contribution in [3.8, 4) is 5.75 Å². The van der Waals surface area contributed by atoms with Crippen LogP contribution in [-0.2, 0) is 0 Å². The Morgan fingerprint density at radius 2 is 2.35 bits per heavy atom. The number of allylic oxidation sites excluding steroid dienone is 1. The second-order valence-electron chi connectivity index (χ2n) is 6.11. The number of anilines is 1. The number of carbonyl (C=O) groups excluding carboxylic acids is 2. The lowest BCUT2D eigenvalue weighted by molar-refractivity contribution is 0.0940. The number of hydrogen-bond donors (Lipinski definition) is 4. The summed E-state index contributed by atoms with van der Waals surface area (Å²) in [5, 5.41) is 12.9. The van der Waals surface area contributed by atoms with Crippen LogP contribution in [0.25, 0.3) is 0 Å². The number of nitrogens with zero attached hydrogens (tertiary/aromatic N) is 3. The number of aromatic nitrogens is 1. The van der Waals surface area contributed by atoms with E-state index in [0.717, 1.165) is 5.70 Å². The Kier molecular flexibility index (Phi) is 4.05. The van der Waals surface area contributed by atoms with Gasteiger partial charge in [-0.1, -0.05) is 0 Å². The fourth-order valence-electron chi connectivity index (χ4n) is 3.18. The Labute approximate surface area is 149 Å². The third kappa shape index (κ3) is 2.68. The monoisotopic (exact) mass is 360 g/mol. The number of ether oxygens (including phenoxy) is 1. The summed E-state index contributed by atoms with van der Waals surface area (Å²) >= 11 is 0. The summed E-state index contributed by atoms with van der Waals surface area (Å²) in [6, 6.07) is 1.53. The van der Waals surface area contributed by atoms with E-state index in [1.165, 1.54) is 5.01 Å². The van der Waals surface area contributed by atoms with Gasteiger partial charge in [-0.15, -0.1) is 0 Å². The molecule has 1 atom stereocenters. The molecule has 0 radical (unpaired) electrons. The molecule has 3 amide bonds. The second-order valence-corrected chi connectivity index (χ2v) is 6.11. The van der Waals surface area contributed by atoms with Crippen LogP contribution in [0, 0.1) is 0 Å². The van der Waals surface area contributed by atoms with Gasteiger partial charge in [0.1, 0.15) is 18.5 Å². The van der Waals surface area contributed by atoms with E-state index >= 15 is 0 Å². The average molecular weight is 360 g/mol. The van der Waals surface area contributed by atoms with Gasteiger partial charge in [0.2, 0.25) is 0 Å². The van der Waals surface area contributed by atoms with Gasteiger partial charge in [0.15, 0.2) is 11.6 Å². The van der Waals surface area contributed by atoms with Crippen LogP contribution < -0.4 is 20.4 Å². The van der Waals surface area contributed by atoms with Crippen LogP contribution in [0.3, 0.4) is 0 Å². The number of amides is 3. The molecule has 0 aliphatic carbocycles. The zero-order chi connectivity index (χ0) is 18.3. The first-order valence-corrected chi connectivity index (χ1v) is 8.33. The van der Waals surface area contributed by atoms with E-state index in [2.05, 4.69) is 15.7 Å². The van der Waals surface area contributed by atoms with E-state index < -0.39 is 0 Å².